The van der Waals surface area contributed by atoms with Crippen molar-refractivity contribution < 1.29 is 8.78 Å². The maximum Gasteiger partial charge on any atom is 0.152 e. The molecule has 0 amide bonds. The molecule has 0 aliphatic heterocycles. The van der Waals surface area contributed by atoms with E-state index in [1.54, 1.807) is 19.1 Å². The Morgan fingerprint density at radius 2 is 1.68 bits per heavy atom. The van der Waals surface area contributed by atoms with Gasteiger partial charge in [-0.3, -0.25) is 0 Å². The van der Waals surface area contributed by atoms with Crippen LogP contribution in [-0.4, -0.2) is 0 Å². The lowest BCUT2D eigenvalue weighted by Gasteiger charge is -2.17. The summed E-state index contributed by atoms with van der Waals surface area (Å²) in [4.78, 5) is 0. The quantitative estimate of drug-likeness (QED) is 0.825. The molecular formula is C15H14ClF2N. The maximum atomic E-state index is 13.9. The van der Waals surface area contributed by atoms with E-state index in [-0.39, 0.29) is 11.7 Å². The first-order chi connectivity index (χ1) is 8.99. The molecule has 0 spiro atoms. The number of hydrogen-bond donors (Lipinski definition) is 1. The minimum atomic E-state index is -0.594. The lowest BCUT2D eigenvalue weighted by molar-refractivity contribution is 0.579. The lowest BCUT2D eigenvalue weighted by Crippen LogP contribution is -2.10. The number of nitrogens with one attached hydrogen (secondary N) is 1. The molecule has 0 saturated carbocycles. The van der Waals surface area contributed by atoms with Crippen LogP contribution >= 0.6 is 11.6 Å². The molecule has 0 heterocycles. The molecule has 2 rings (SSSR count). The Morgan fingerprint density at radius 1 is 1.05 bits per heavy atom. The van der Waals surface area contributed by atoms with Crippen LogP contribution in [0.1, 0.15) is 24.1 Å². The topological polar surface area (TPSA) is 12.0 Å². The van der Waals surface area contributed by atoms with Crippen molar-refractivity contribution in [2.24, 2.45) is 0 Å². The van der Waals surface area contributed by atoms with E-state index in [0.717, 1.165) is 5.56 Å². The number of hydrogen-bond acceptors (Lipinski definition) is 1. The highest BCUT2D eigenvalue weighted by atomic mass is 35.5. The van der Waals surface area contributed by atoms with Crippen molar-refractivity contribution in [3.63, 3.8) is 0 Å². The summed E-state index contributed by atoms with van der Waals surface area (Å²) in [6, 6.07) is 9.61. The molecule has 0 saturated heterocycles. The van der Waals surface area contributed by atoms with Crippen molar-refractivity contribution in [3.05, 3.63) is 64.2 Å². The summed E-state index contributed by atoms with van der Waals surface area (Å²) in [6.45, 7) is 3.44. The van der Waals surface area contributed by atoms with Crippen LogP contribution in [0, 0.1) is 18.6 Å². The van der Waals surface area contributed by atoms with E-state index in [2.05, 4.69) is 5.32 Å². The van der Waals surface area contributed by atoms with Crippen LogP contribution in [0.15, 0.2) is 36.4 Å². The Labute approximate surface area is 116 Å². The number of aryl methyl sites for hydroxylation is 1. The maximum absolute atomic E-state index is 13.9. The smallest absolute Gasteiger partial charge is 0.152 e. The van der Waals surface area contributed by atoms with Crippen molar-refractivity contribution in [3.8, 4) is 0 Å². The van der Waals surface area contributed by atoms with Gasteiger partial charge < -0.3 is 5.32 Å². The Hall–Kier alpha value is -1.61. The van der Waals surface area contributed by atoms with Gasteiger partial charge in [0.1, 0.15) is 11.5 Å². The predicted octanol–water partition coefficient (Wildman–Crippen LogP) is 5.10. The Kier molecular flexibility index (Phi) is 4.05. The molecule has 0 fully saturated rings. The fraction of sp³-hybridized carbons (Fsp3) is 0.200. The lowest BCUT2D eigenvalue weighted by atomic mass is 10.1. The second-order valence-electron chi connectivity index (χ2n) is 4.47. The van der Waals surface area contributed by atoms with Gasteiger partial charge in [0.15, 0.2) is 5.82 Å². The Balaban J connectivity index is 2.26. The Morgan fingerprint density at radius 3 is 2.32 bits per heavy atom. The predicted molar refractivity (Wildman–Crippen MR) is 74.6 cm³/mol. The van der Waals surface area contributed by atoms with Gasteiger partial charge in [-0.25, -0.2) is 8.78 Å². The molecule has 0 radical (unpaired) electrons. The monoisotopic (exact) mass is 281 g/mol. The second-order valence-corrected chi connectivity index (χ2v) is 4.91. The summed E-state index contributed by atoms with van der Waals surface area (Å²) in [6.07, 6.45) is 0. The van der Waals surface area contributed by atoms with Crippen molar-refractivity contribution in [1.29, 1.82) is 0 Å². The molecule has 100 valence electrons. The highest BCUT2D eigenvalue weighted by Gasteiger charge is 2.14. The highest BCUT2D eigenvalue weighted by Crippen LogP contribution is 2.26. The summed E-state index contributed by atoms with van der Waals surface area (Å²) >= 11 is 5.81. The minimum Gasteiger partial charge on any atom is -0.374 e. The third kappa shape index (κ3) is 3.04. The second kappa shape index (κ2) is 5.57. The van der Waals surface area contributed by atoms with E-state index in [9.17, 15) is 8.78 Å². The van der Waals surface area contributed by atoms with Crippen molar-refractivity contribution >= 4 is 17.3 Å². The standard InChI is InChI=1S/C15H14ClF2N/c1-9-3-8-13(17)15(14(9)18)19-10(2)11-4-6-12(16)7-5-11/h3-8,10,19H,1-2H3. The van der Waals surface area contributed by atoms with Crippen LogP contribution in [0.5, 0.6) is 0 Å². The molecule has 0 aliphatic rings. The first-order valence-corrected chi connectivity index (χ1v) is 6.33. The number of rotatable bonds is 3. The zero-order valence-electron chi connectivity index (χ0n) is 10.7. The largest absolute Gasteiger partial charge is 0.374 e. The number of benzene rings is 2. The number of anilines is 1. The average Bonchev–Trinajstić information content (AvgIpc) is 2.40. The minimum absolute atomic E-state index is 0.0950. The van der Waals surface area contributed by atoms with Crippen molar-refractivity contribution in [2.75, 3.05) is 5.32 Å². The van der Waals surface area contributed by atoms with Gasteiger partial charge in [-0.1, -0.05) is 29.8 Å². The van der Waals surface area contributed by atoms with Crippen LogP contribution in [0.4, 0.5) is 14.5 Å². The summed E-state index contributed by atoms with van der Waals surface area (Å²) in [5.74, 6) is -1.15. The molecular weight excluding hydrogens is 268 g/mol. The Bertz CT molecular complexity index is 581. The first-order valence-electron chi connectivity index (χ1n) is 5.95. The van der Waals surface area contributed by atoms with E-state index in [0.29, 0.717) is 10.6 Å². The first kappa shape index (κ1) is 13.8. The highest BCUT2D eigenvalue weighted by molar-refractivity contribution is 6.30. The fourth-order valence-corrected chi connectivity index (χ4v) is 1.97. The molecule has 19 heavy (non-hydrogen) atoms. The van der Waals surface area contributed by atoms with Crippen LogP contribution in [0.25, 0.3) is 0 Å². The van der Waals surface area contributed by atoms with E-state index in [1.807, 2.05) is 19.1 Å². The van der Waals surface area contributed by atoms with Crippen LogP contribution in [-0.2, 0) is 0 Å². The summed E-state index contributed by atoms with van der Waals surface area (Å²) in [5, 5.41) is 3.49. The molecule has 1 nitrogen and oxygen atoms in total. The van der Waals surface area contributed by atoms with Gasteiger partial charge in [-0.05, 0) is 43.2 Å². The summed E-state index contributed by atoms with van der Waals surface area (Å²) in [7, 11) is 0. The molecule has 2 aromatic rings. The summed E-state index contributed by atoms with van der Waals surface area (Å²) < 4.78 is 27.5. The zero-order chi connectivity index (χ0) is 14.0. The molecule has 0 bridgehead atoms. The molecule has 0 aliphatic carbocycles. The zero-order valence-corrected chi connectivity index (χ0v) is 11.4. The van der Waals surface area contributed by atoms with Crippen LogP contribution in [0.2, 0.25) is 5.02 Å². The van der Waals surface area contributed by atoms with Gasteiger partial charge >= 0.3 is 0 Å². The molecule has 1 N–H and O–H groups in total. The fourth-order valence-electron chi connectivity index (χ4n) is 1.84. The molecule has 2 aromatic carbocycles. The van der Waals surface area contributed by atoms with Gasteiger partial charge in [0.2, 0.25) is 0 Å². The SMILES string of the molecule is Cc1ccc(F)c(NC(C)c2ccc(Cl)cc2)c1F. The van der Waals surface area contributed by atoms with Gasteiger partial charge in [0, 0.05) is 11.1 Å². The van der Waals surface area contributed by atoms with Gasteiger partial charge in [0.25, 0.3) is 0 Å². The molecule has 0 aromatic heterocycles. The average molecular weight is 282 g/mol. The number of halogens is 3. The van der Waals surface area contributed by atoms with E-state index < -0.39 is 11.6 Å². The van der Waals surface area contributed by atoms with Gasteiger partial charge in [0.05, 0.1) is 0 Å². The van der Waals surface area contributed by atoms with Crippen molar-refractivity contribution in [1.82, 2.24) is 0 Å². The van der Waals surface area contributed by atoms with Crippen LogP contribution < -0.4 is 5.32 Å². The van der Waals surface area contributed by atoms with Gasteiger partial charge in [-0.2, -0.15) is 0 Å². The molecule has 4 heteroatoms. The third-order valence-electron chi connectivity index (χ3n) is 3.02. The van der Waals surface area contributed by atoms with Gasteiger partial charge in [-0.15, -0.1) is 0 Å². The summed E-state index contributed by atoms with van der Waals surface area (Å²) in [5.41, 5.74) is 1.22. The third-order valence-corrected chi connectivity index (χ3v) is 3.27. The van der Waals surface area contributed by atoms with Crippen molar-refractivity contribution in [2.45, 2.75) is 19.9 Å². The van der Waals surface area contributed by atoms with E-state index >= 15 is 0 Å². The van der Waals surface area contributed by atoms with E-state index in [4.69, 9.17) is 11.6 Å². The van der Waals surface area contributed by atoms with Crippen LogP contribution in [0.3, 0.4) is 0 Å². The van der Waals surface area contributed by atoms with E-state index in [1.165, 1.54) is 12.1 Å². The normalized spacial score (nSPS) is 12.3. The molecule has 1 unspecified atom stereocenters. The molecule has 1 atom stereocenters.